The van der Waals surface area contributed by atoms with E-state index in [1.54, 1.807) is 0 Å². The van der Waals surface area contributed by atoms with Crippen molar-refractivity contribution in [2.75, 3.05) is 5.75 Å². The Bertz CT molecular complexity index is 673. The average Bonchev–Trinajstić information content (AvgIpc) is 2.55. The van der Waals surface area contributed by atoms with E-state index in [1.807, 2.05) is 18.2 Å². The normalized spacial score (nSPS) is 18.6. The lowest BCUT2D eigenvalue weighted by Gasteiger charge is -2.11. The molecule has 16 heavy (non-hydrogen) atoms. The minimum Gasteiger partial charge on any atom is -0.358 e. The van der Waals surface area contributed by atoms with Crippen LogP contribution in [0, 0.1) is 0 Å². The number of fused-ring (bicyclic) bond motifs is 3. The summed E-state index contributed by atoms with van der Waals surface area (Å²) >= 11 is 3.41. The summed E-state index contributed by atoms with van der Waals surface area (Å²) in [6.07, 6.45) is 0.601. The molecule has 1 aliphatic rings. The summed E-state index contributed by atoms with van der Waals surface area (Å²) in [7, 11) is -2.91. The minimum atomic E-state index is -2.91. The lowest BCUT2D eigenvalue weighted by Crippen LogP contribution is -2.18. The quantitative estimate of drug-likeness (QED) is 0.812. The molecule has 0 bridgehead atoms. The van der Waals surface area contributed by atoms with Crippen molar-refractivity contribution in [2.24, 2.45) is 0 Å². The van der Waals surface area contributed by atoms with Crippen LogP contribution in [0.4, 0.5) is 0 Å². The van der Waals surface area contributed by atoms with Crippen LogP contribution in [-0.2, 0) is 22.0 Å². The van der Waals surface area contributed by atoms with E-state index in [2.05, 4.69) is 20.9 Å². The molecule has 3 nitrogen and oxygen atoms in total. The summed E-state index contributed by atoms with van der Waals surface area (Å²) in [6, 6.07) is 5.91. The standard InChI is InChI=1S/C11H10BrNO2S/c12-7-1-2-10-8(5-7)9-6-16(14,15)4-3-11(9)13-10/h1-2,5,13H,3-4,6H2. The second-order valence-corrected chi connectivity index (χ2v) is 7.21. The number of rotatable bonds is 0. The number of nitrogens with one attached hydrogen (secondary N) is 1. The first-order valence-corrected chi connectivity index (χ1v) is 7.66. The van der Waals surface area contributed by atoms with Gasteiger partial charge in [-0.3, -0.25) is 0 Å². The Hall–Kier alpha value is -0.810. The van der Waals surface area contributed by atoms with Crippen LogP contribution in [-0.4, -0.2) is 19.2 Å². The van der Waals surface area contributed by atoms with Crippen LogP contribution in [0.15, 0.2) is 22.7 Å². The lowest BCUT2D eigenvalue weighted by atomic mass is 10.1. The fourth-order valence-electron chi connectivity index (χ4n) is 2.20. The van der Waals surface area contributed by atoms with Gasteiger partial charge < -0.3 is 4.98 Å². The number of aromatic amines is 1. The molecule has 1 aromatic heterocycles. The average molecular weight is 300 g/mol. The molecular formula is C11H10BrNO2S. The van der Waals surface area contributed by atoms with Gasteiger partial charge >= 0.3 is 0 Å². The van der Waals surface area contributed by atoms with E-state index in [9.17, 15) is 8.42 Å². The molecule has 0 saturated heterocycles. The molecule has 0 atom stereocenters. The summed E-state index contributed by atoms with van der Waals surface area (Å²) in [5.74, 6) is 0.423. The summed E-state index contributed by atoms with van der Waals surface area (Å²) < 4.78 is 24.2. The third-order valence-corrected chi connectivity index (χ3v) is 5.03. The van der Waals surface area contributed by atoms with Gasteiger partial charge in [0.2, 0.25) is 0 Å². The number of H-pyrrole nitrogens is 1. The second-order valence-electron chi connectivity index (χ2n) is 4.11. The second kappa shape index (κ2) is 3.34. The molecule has 0 spiro atoms. The van der Waals surface area contributed by atoms with Gasteiger partial charge in [-0.2, -0.15) is 0 Å². The largest absolute Gasteiger partial charge is 0.358 e. The summed E-state index contributed by atoms with van der Waals surface area (Å²) in [5.41, 5.74) is 3.04. The SMILES string of the molecule is O=S1(=O)CCc2[nH]c3ccc(Br)cc3c2C1. The number of hydrogen-bond donors (Lipinski definition) is 1. The first-order valence-electron chi connectivity index (χ1n) is 5.04. The van der Waals surface area contributed by atoms with E-state index >= 15 is 0 Å². The Kier molecular flexibility index (Phi) is 2.16. The summed E-state index contributed by atoms with van der Waals surface area (Å²) in [5, 5.41) is 1.02. The van der Waals surface area contributed by atoms with Gasteiger partial charge in [0, 0.05) is 27.5 Å². The van der Waals surface area contributed by atoms with Gasteiger partial charge in [0.1, 0.15) is 0 Å². The molecule has 5 heteroatoms. The molecular weight excluding hydrogens is 290 g/mol. The minimum absolute atomic E-state index is 0.165. The van der Waals surface area contributed by atoms with Crippen LogP contribution >= 0.6 is 15.9 Å². The predicted octanol–water partition coefficient (Wildman–Crippen LogP) is 2.40. The van der Waals surface area contributed by atoms with E-state index in [0.29, 0.717) is 6.42 Å². The maximum atomic E-state index is 11.6. The van der Waals surface area contributed by atoms with Crippen molar-refractivity contribution in [3.05, 3.63) is 33.9 Å². The fourth-order valence-corrected chi connectivity index (χ4v) is 3.99. The number of sulfone groups is 1. The molecule has 1 aliphatic heterocycles. The number of hydrogen-bond acceptors (Lipinski definition) is 2. The van der Waals surface area contributed by atoms with Gasteiger partial charge in [-0.1, -0.05) is 15.9 Å². The molecule has 0 saturated carbocycles. The number of halogens is 1. The fraction of sp³-hybridized carbons (Fsp3) is 0.273. The molecule has 0 amide bonds. The summed E-state index contributed by atoms with van der Waals surface area (Å²) in [6.45, 7) is 0. The molecule has 1 N–H and O–H groups in total. The van der Waals surface area contributed by atoms with Crippen LogP contribution in [0.5, 0.6) is 0 Å². The van der Waals surface area contributed by atoms with Gasteiger partial charge in [-0.05, 0) is 23.8 Å². The molecule has 0 aliphatic carbocycles. The van der Waals surface area contributed by atoms with Gasteiger partial charge in [-0.15, -0.1) is 0 Å². The molecule has 2 aromatic rings. The van der Waals surface area contributed by atoms with Gasteiger partial charge in [0.05, 0.1) is 11.5 Å². The Morgan fingerprint density at radius 1 is 1.31 bits per heavy atom. The smallest absolute Gasteiger partial charge is 0.154 e. The first-order chi connectivity index (χ1) is 7.55. The van der Waals surface area contributed by atoms with E-state index in [4.69, 9.17) is 0 Å². The molecule has 84 valence electrons. The highest BCUT2D eigenvalue weighted by Gasteiger charge is 2.24. The van der Waals surface area contributed by atoms with Crippen molar-refractivity contribution in [2.45, 2.75) is 12.2 Å². The maximum Gasteiger partial charge on any atom is 0.154 e. The number of benzene rings is 1. The van der Waals surface area contributed by atoms with Gasteiger partial charge in [0.15, 0.2) is 9.84 Å². The Morgan fingerprint density at radius 2 is 2.12 bits per heavy atom. The van der Waals surface area contributed by atoms with Crippen molar-refractivity contribution >= 4 is 36.7 Å². The zero-order valence-electron chi connectivity index (χ0n) is 8.46. The van der Waals surface area contributed by atoms with E-state index in [0.717, 1.165) is 26.6 Å². The first kappa shape index (κ1) is 10.4. The molecule has 1 aromatic carbocycles. The van der Waals surface area contributed by atoms with Crippen molar-refractivity contribution in [3.63, 3.8) is 0 Å². The zero-order valence-corrected chi connectivity index (χ0v) is 10.9. The van der Waals surface area contributed by atoms with Crippen molar-refractivity contribution in [3.8, 4) is 0 Å². The Morgan fingerprint density at radius 3 is 2.94 bits per heavy atom. The molecule has 3 rings (SSSR count). The number of aryl methyl sites for hydroxylation is 1. The Labute approximate surface area is 102 Å². The molecule has 2 heterocycles. The van der Waals surface area contributed by atoms with Crippen LogP contribution in [0.25, 0.3) is 10.9 Å². The van der Waals surface area contributed by atoms with Crippen LogP contribution < -0.4 is 0 Å². The maximum absolute atomic E-state index is 11.6. The lowest BCUT2D eigenvalue weighted by molar-refractivity contribution is 0.591. The predicted molar refractivity (Wildman–Crippen MR) is 67.2 cm³/mol. The monoisotopic (exact) mass is 299 g/mol. The van der Waals surface area contributed by atoms with Gasteiger partial charge in [-0.25, -0.2) is 8.42 Å². The van der Waals surface area contributed by atoms with E-state index in [1.165, 1.54) is 0 Å². The topological polar surface area (TPSA) is 49.9 Å². The van der Waals surface area contributed by atoms with E-state index < -0.39 is 9.84 Å². The van der Waals surface area contributed by atoms with Crippen molar-refractivity contribution < 1.29 is 8.42 Å². The highest BCUT2D eigenvalue weighted by molar-refractivity contribution is 9.10. The number of aromatic nitrogens is 1. The van der Waals surface area contributed by atoms with Crippen LogP contribution in [0.3, 0.4) is 0 Å². The Balaban J connectivity index is 2.31. The highest BCUT2D eigenvalue weighted by Crippen LogP contribution is 2.30. The zero-order chi connectivity index (χ0) is 11.3. The van der Waals surface area contributed by atoms with Crippen molar-refractivity contribution in [1.82, 2.24) is 4.98 Å². The third kappa shape index (κ3) is 1.58. The molecule has 0 fully saturated rings. The van der Waals surface area contributed by atoms with Crippen LogP contribution in [0.1, 0.15) is 11.3 Å². The highest BCUT2D eigenvalue weighted by atomic mass is 79.9. The van der Waals surface area contributed by atoms with Gasteiger partial charge in [0.25, 0.3) is 0 Å². The van der Waals surface area contributed by atoms with Crippen molar-refractivity contribution in [1.29, 1.82) is 0 Å². The molecule has 0 radical (unpaired) electrons. The van der Waals surface area contributed by atoms with Crippen LogP contribution in [0.2, 0.25) is 0 Å². The molecule has 0 unspecified atom stereocenters. The summed E-state index contributed by atoms with van der Waals surface area (Å²) in [4.78, 5) is 3.30. The third-order valence-electron chi connectivity index (χ3n) is 2.98. The van der Waals surface area contributed by atoms with E-state index in [-0.39, 0.29) is 11.5 Å².